The van der Waals surface area contributed by atoms with Crippen LogP contribution in [0.2, 0.25) is 0 Å². The standard InChI is InChI=1S/C16H22N2O2S/c1-11-6-9-21-14(11)10-17-15(19)12-4-7-18(8-5-12)16(20)13-2-3-13/h6,9,12-13H,2-5,7-8,10H2,1H3,(H,17,19). The third-order valence-electron chi connectivity index (χ3n) is 4.50. The zero-order chi connectivity index (χ0) is 14.8. The summed E-state index contributed by atoms with van der Waals surface area (Å²) in [6.45, 7) is 4.18. The normalized spacial score (nSPS) is 19.6. The van der Waals surface area contributed by atoms with E-state index in [0.717, 1.165) is 38.8 Å². The molecule has 0 atom stereocenters. The third-order valence-corrected chi connectivity index (χ3v) is 5.52. The fourth-order valence-corrected chi connectivity index (χ4v) is 3.69. The molecular formula is C16H22N2O2S. The van der Waals surface area contributed by atoms with E-state index in [1.54, 1.807) is 11.3 Å². The van der Waals surface area contributed by atoms with Crippen LogP contribution < -0.4 is 5.32 Å². The largest absolute Gasteiger partial charge is 0.351 e. The van der Waals surface area contributed by atoms with Gasteiger partial charge in [-0.3, -0.25) is 9.59 Å². The van der Waals surface area contributed by atoms with Crippen LogP contribution >= 0.6 is 11.3 Å². The molecule has 0 radical (unpaired) electrons. The number of aryl methyl sites for hydroxylation is 1. The molecule has 2 amide bonds. The first kappa shape index (κ1) is 14.6. The average Bonchev–Trinajstić information content (AvgIpc) is 3.27. The highest BCUT2D eigenvalue weighted by molar-refractivity contribution is 7.10. The fraction of sp³-hybridized carbons (Fsp3) is 0.625. The Balaban J connectivity index is 1.44. The zero-order valence-electron chi connectivity index (χ0n) is 12.4. The van der Waals surface area contributed by atoms with E-state index in [-0.39, 0.29) is 17.7 Å². The molecule has 1 aromatic heterocycles. The van der Waals surface area contributed by atoms with Gasteiger partial charge in [0.25, 0.3) is 0 Å². The lowest BCUT2D eigenvalue weighted by Gasteiger charge is -2.31. The van der Waals surface area contributed by atoms with Crippen LogP contribution in [0.4, 0.5) is 0 Å². The first-order valence-electron chi connectivity index (χ1n) is 7.74. The van der Waals surface area contributed by atoms with E-state index in [1.165, 1.54) is 10.4 Å². The van der Waals surface area contributed by atoms with Crippen molar-refractivity contribution in [1.82, 2.24) is 10.2 Å². The van der Waals surface area contributed by atoms with E-state index in [2.05, 4.69) is 23.7 Å². The number of rotatable bonds is 4. The summed E-state index contributed by atoms with van der Waals surface area (Å²) < 4.78 is 0. The predicted octanol–water partition coefficient (Wildman–Crippen LogP) is 2.32. The summed E-state index contributed by atoms with van der Waals surface area (Å²) in [5.41, 5.74) is 1.24. The van der Waals surface area contributed by atoms with Crippen molar-refractivity contribution in [1.29, 1.82) is 0 Å². The molecular weight excluding hydrogens is 284 g/mol. The lowest BCUT2D eigenvalue weighted by Crippen LogP contribution is -2.43. The van der Waals surface area contributed by atoms with Crippen LogP contribution in [0.1, 0.15) is 36.1 Å². The van der Waals surface area contributed by atoms with Gasteiger partial charge in [-0.15, -0.1) is 11.3 Å². The number of hydrogen-bond donors (Lipinski definition) is 1. The highest BCUT2D eigenvalue weighted by atomic mass is 32.1. The molecule has 114 valence electrons. The number of nitrogens with zero attached hydrogens (tertiary/aromatic N) is 1. The number of hydrogen-bond acceptors (Lipinski definition) is 3. The molecule has 2 fully saturated rings. The SMILES string of the molecule is Cc1ccsc1CNC(=O)C1CCN(C(=O)C2CC2)CC1. The van der Waals surface area contributed by atoms with Gasteiger partial charge in [-0.1, -0.05) is 0 Å². The van der Waals surface area contributed by atoms with E-state index < -0.39 is 0 Å². The van der Waals surface area contributed by atoms with Gasteiger partial charge < -0.3 is 10.2 Å². The second kappa shape index (κ2) is 6.18. The molecule has 0 unspecified atom stereocenters. The Morgan fingerprint density at radius 3 is 2.52 bits per heavy atom. The van der Waals surface area contributed by atoms with E-state index in [0.29, 0.717) is 12.5 Å². The molecule has 1 saturated heterocycles. The van der Waals surface area contributed by atoms with Crippen LogP contribution in [0.5, 0.6) is 0 Å². The highest BCUT2D eigenvalue weighted by Crippen LogP contribution is 2.32. The lowest BCUT2D eigenvalue weighted by atomic mass is 9.95. The van der Waals surface area contributed by atoms with Gasteiger partial charge in [0.15, 0.2) is 0 Å². The fourth-order valence-electron chi connectivity index (χ4n) is 2.85. The van der Waals surface area contributed by atoms with Gasteiger partial charge in [-0.2, -0.15) is 0 Å². The van der Waals surface area contributed by atoms with E-state index in [9.17, 15) is 9.59 Å². The summed E-state index contributed by atoms with van der Waals surface area (Å²) in [5, 5.41) is 5.10. The molecule has 5 heteroatoms. The van der Waals surface area contributed by atoms with Gasteiger partial charge in [-0.05, 0) is 49.6 Å². The molecule has 0 spiro atoms. The van der Waals surface area contributed by atoms with Crippen LogP contribution in [-0.2, 0) is 16.1 Å². The molecule has 1 aliphatic heterocycles. The Morgan fingerprint density at radius 1 is 1.24 bits per heavy atom. The molecule has 0 aromatic carbocycles. The van der Waals surface area contributed by atoms with Crippen LogP contribution in [-0.4, -0.2) is 29.8 Å². The predicted molar refractivity (Wildman–Crippen MR) is 82.9 cm³/mol. The summed E-state index contributed by atoms with van der Waals surface area (Å²) in [7, 11) is 0. The van der Waals surface area contributed by atoms with Gasteiger partial charge in [0.2, 0.25) is 11.8 Å². The summed E-state index contributed by atoms with van der Waals surface area (Å²) >= 11 is 1.69. The first-order chi connectivity index (χ1) is 10.1. The van der Waals surface area contributed by atoms with Gasteiger partial charge >= 0.3 is 0 Å². The number of carbonyl (C=O) groups is 2. The minimum absolute atomic E-state index is 0.0634. The van der Waals surface area contributed by atoms with Crippen LogP contribution in [0.15, 0.2) is 11.4 Å². The molecule has 21 heavy (non-hydrogen) atoms. The molecule has 1 aromatic rings. The Kier molecular flexibility index (Phi) is 4.29. The van der Waals surface area contributed by atoms with Crippen molar-refractivity contribution in [2.24, 2.45) is 11.8 Å². The maximum Gasteiger partial charge on any atom is 0.225 e. The Morgan fingerprint density at radius 2 is 1.95 bits per heavy atom. The van der Waals surface area contributed by atoms with Crippen molar-refractivity contribution >= 4 is 23.2 Å². The van der Waals surface area contributed by atoms with Crippen molar-refractivity contribution in [3.05, 3.63) is 21.9 Å². The molecule has 0 bridgehead atoms. The maximum atomic E-state index is 12.2. The molecule has 1 aliphatic carbocycles. The van der Waals surface area contributed by atoms with Crippen molar-refractivity contribution in [3.8, 4) is 0 Å². The van der Waals surface area contributed by atoms with Gasteiger partial charge in [-0.25, -0.2) is 0 Å². The summed E-state index contributed by atoms with van der Waals surface area (Å²) in [6, 6.07) is 2.08. The Labute approximate surface area is 129 Å². The van der Waals surface area contributed by atoms with E-state index in [1.807, 2.05) is 4.90 Å². The summed E-state index contributed by atoms with van der Waals surface area (Å²) in [4.78, 5) is 27.4. The number of likely N-dealkylation sites (tertiary alicyclic amines) is 1. The monoisotopic (exact) mass is 306 g/mol. The Bertz CT molecular complexity index is 528. The molecule has 3 rings (SSSR count). The van der Waals surface area contributed by atoms with Gasteiger partial charge in [0.05, 0.1) is 6.54 Å². The lowest BCUT2D eigenvalue weighted by molar-refractivity contribution is -0.136. The maximum absolute atomic E-state index is 12.2. The number of thiophene rings is 1. The van der Waals surface area contributed by atoms with Crippen molar-refractivity contribution < 1.29 is 9.59 Å². The van der Waals surface area contributed by atoms with Gasteiger partial charge in [0, 0.05) is 29.8 Å². The third kappa shape index (κ3) is 3.46. The average molecular weight is 306 g/mol. The van der Waals surface area contributed by atoms with E-state index in [4.69, 9.17) is 0 Å². The molecule has 1 N–H and O–H groups in total. The highest BCUT2D eigenvalue weighted by Gasteiger charge is 2.35. The quantitative estimate of drug-likeness (QED) is 0.928. The molecule has 4 nitrogen and oxygen atoms in total. The van der Waals surface area contributed by atoms with Crippen molar-refractivity contribution in [2.45, 2.75) is 39.2 Å². The molecule has 2 aliphatic rings. The van der Waals surface area contributed by atoms with Crippen LogP contribution in [0.3, 0.4) is 0 Å². The van der Waals surface area contributed by atoms with Crippen molar-refractivity contribution in [3.63, 3.8) is 0 Å². The minimum atomic E-state index is 0.0634. The minimum Gasteiger partial charge on any atom is -0.351 e. The van der Waals surface area contributed by atoms with Crippen LogP contribution in [0.25, 0.3) is 0 Å². The Hall–Kier alpha value is -1.36. The van der Waals surface area contributed by atoms with Gasteiger partial charge in [0.1, 0.15) is 0 Å². The first-order valence-corrected chi connectivity index (χ1v) is 8.62. The van der Waals surface area contributed by atoms with E-state index >= 15 is 0 Å². The topological polar surface area (TPSA) is 49.4 Å². The zero-order valence-corrected chi connectivity index (χ0v) is 13.2. The van der Waals surface area contributed by atoms with Crippen LogP contribution in [0, 0.1) is 18.8 Å². The number of carbonyl (C=O) groups excluding carboxylic acids is 2. The number of nitrogens with one attached hydrogen (secondary N) is 1. The van der Waals surface area contributed by atoms with Crippen molar-refractivity contribution in [2.75, 3.05) is 13.1 Å². The second-order valence-corrected chi connectivity index (χ2v) is 7.12. The summed E-state index contributed by atoms with van der Waals surface area (Å²) in [6.07, 6.45) is 3.71. The summed E-state index contributed by atoms with van der Waals surface area (Å²) in [5.74, 6) is 0.801. The second-order valence-electron chi connectivity index (χ2n) is 6.12. The smallest absolute Gasteiger partial charge is 0.225 e. The molecule has 1 saturated carbocycles. The number of piperidine rings is 1. The molecule has 2 heterocycles. The number of amides is 2.